The van der Waals surface area contributed by atoms with Crippen LogP contribution in [0.5, 0.6) is 5.75 Å². The van der Waals surface area contributed by atoms with Crippen LogP contribution in [0.4, 0.5) is 17.5 Å². The average Bonchev–Trinajstić information content (AvgIpc) is 3.52. The molecule has 1 saturated heterocycles. The van der Waals surface area contributed by atoms with Crippen molar-refractivity contribution in [2.75, 3.05) is 36.9 Å². The number of anilines is 3. The van der Waals surface area contributed by atoms with Crippen molar-refractivity contribution >= 4 is 52.1 Å². The van der Waals surface area contributed by atoms with Crippen LogP contribution in [0.2, 0.25) is 5.02 Å². The molecule has 0 saturated carbocycles. The molecule has 4 heterocycles. The lowest BCUT2D eigenvalue weighted by molar-refractivity contribution is -0.499. The number of likely N-dealkylation sites (N-methyl/N-ethyl adjacent to an activating group) is 1. The number of fused-ring (bicyclic) bond motifs is 2. The Morgan fingerprint density at radius 3 is 3.08 bits per heavy atom. The van der Waals surface area contributed by atoms with E-state index in [1.165, 1.54) is 6.33 Å². The molecule has 1 aromatic carbocycles. The van der Waals surface area contributed by atoms with Gasteiger partial charge in [-0.25, -0.2) is 26.5 Å². The third-order valence-electron chi connectivity index (χ3n) is 6.57. The van der Waals surface area contributed by atoms with Crippen LogP contribution >= 0.6 is 11.6 Å². The second-order valence-electron chi connectivity index (χ2n) is 9.13. The molecule has 1 fully saturated rings. The normalized spacial score (nSPS) is 20.2. The SMILES string of the molecule is [C-]#[N+]C[C@@H]1CCN(c2ncc3ncnc(Nc4ccc(OC5=CC6=NC=[N+](C)C6C=C5)c(Cl)c4)c3n2)C1. The van der Waals surface area contributed by atoms with Crippen molar-refractivity contribution in [2.45, 2.75) is 12.5 Å². The number of hydrogen-bond donors (Lipinski definition) is 1. The van der Waals surface area contributed by atoms with Crippen LogP contribution in [0, 0.1) is 12.5 Å². The lowest BCUT2D eigenvalue weighted by Crippen LogP contribution is -2.26. The molecule has 2 atom stereocenters. The number of rotatable bonds is 6. The minimum atomic E-state index is 0.145. The van der Waals surface area contributed by atoms with Crippen molar-refractivity contribution in [1.29, 1.82) is 0 Å². The van der Waals surface area contributed by atoms with Gasteiger partial charge in [0.2, 0.25) is 18.2 Å². The van der Waals surface area contributed by atoms with Crippen LogP contribution in [0.15, 0.2) is 59.7 Å². The second kappa shape index (κ2) is 9.59. The molecule has 10 nitrogen and oxygen atoms in total. The summed E-state index contributed by atoms with van der Waals surface area (Å²) in [6, 6.07) is 5.61. The van der Waals surface area contributed by atoms with Crippen LogP contribution in [0.25, 0.3) is 15.9 Å². The van der Waals surface area contributed by atoms with E-state index in [-0.39, 0.29) is 6.04 Å². The van der Waals surface area contributed by atoms with E-state index in [0.29, 0.717) is 51.8 Å². The number of nitrogens with zero attached hydrogens (tertiary/aromatic N) is 8. The number of aromatic nitrogens is 4. The van der Waals surface area contributed by atoms with Gasteiger partial charge in [0.25, 0.3) is 6.34 Å². The maximum Gasteiger partial charge on any atom is 0.282 e. The maximum absolute atomic E-state index is 7.13. The number of benzene rings is 1. The van der Waals surface area contributed by atoms with Crippen LogP contribution in [0.3, 0.4) is 0 Å². The Bertz CT molecular complexity index is 1560. The number of nitrogens with one attached hydrogen (secondary N) is 1. The molecule has 0 spiro atoms. The predicted molar refractivity (Wildman–Crippen MR) is 143 cm³/mol. The summed E-state index contributed by atoms with van der Waals surface area (Å²) < 4.78 is 8.07. The molecule has 1 N–H and O–H groups in total. The molecule has 11 heteroatoms. The largest absolute Gasteiger partial charge is 0.456 e. The highest BCUT2D eigenvalue weighted by atomic mass is 35.5. The van der Waals surface area contributed by atoms with E-state index in [9.17, 15) is 0 Å². The van der Waals surface area contributed by atoms with Crippen molar-refractivity contribution in [1.82, 2.24) is 19.9 Å². The van der Waals surface area contributed by atoms with Crippen molar-refractivity contribution in [3.05, 3.63) is 71.2 Å². The highest BCUT2D eigenvalue weighted by Crippen LogP contribution is 2.32. The third kappa shape index (κ3) is 4.61. The highest BCUT2D eigenvalue weighted by molar-refractivity contribution is 6.32. The molecular weight excluding hydrogens is 490 g/mol. The van der Waals surface area contributed by atoms with Gasteiger partial charge < -0.3 is 19.8 Å². The van der Waals surface area contributed by atoms with E-state index >= 15 is 0 Å². The third-order valence-corrected chi connectivity index (χ3v) is 6.86. The Labute approximate surface area is 218 Å². The first kappa shape index (κ1) is 23.1. The van der Waals surface area contributed by atoms with E-state index in [1.54, 1.807) is 18.6 Å². The molecule has 37 heavy (non-hydrogen) atoms. The van der Waals surface area contributed by atoms with Crippen LogP contribution in [-0.2, 0) is 0 Å². The van der Waals surface area contributed by atoms with E-state index < -0.39 is 0 Å². The van der Waals surface area contributed by atoms with Gasteiger partial charge in [0.15, 0.2) is 11.9 Å². The fraction of sp³-hybridized carbons (Fsp3) is 0.269. The zero-order chi connectivity index (χ0) is 25.4. The van der Waals surface area contributed by atoms with Crippen molar-refractivity contribution in [2.24, 2.45) is 10.9 Å². The van der Waals surface area contributed by atoms with E-state index in [0.717, 1.165) is 30.9 Å². The van der Waals surface area contributed by atoms with Gasteiger partial charge in [-0.15, -0.1) is 0 Å². The van der Waals surface area contributed by atoms with Gasteiger partial charge in [-0.05, 0) is 41.8 Å². The molecule has 3 aromatic rings. The van der Waals surface area contributed by atoms with Gasteiger partial charge in [0, 0.05) is 24.9 Å². The van der Waals surface area contributed by atoms with Gasteiger partial charge >= 0.3 is 0 Å². The predicted octanol–water partition coefficient (Wildman–Crippen LogP) is 3.89. The summed E-state index contributed by atoms with van der Waals surface area (Å²) in [6.07, 6.45) is 11.8. The maximum atomic E-state index is 7.13. The molecule has 6 rings (SSSR count). The summed E-state index contributed by atoms with van der Waals surface area (Å²) in [7, 11) is 1.99. The van der Waals surface area contributed by atoms with Crippen LogP contribution < -0.4 is 15.0 Å². The Kier molecular flexibility index (Phi) is 5.98. The molecule has 2 aromatic heterocycles. The Balaban J connectivity index is 1.20. The van der Waals surface area contributed by atoms with Crippen LogP contribution in [0.1, 0.15) is 6.42 Å². The molecule has 184 valence electrons. The Hall–Kier alpha value is -4.36. The molecule has 0 bridgehead atoms. The zero-order valence-corrected chi connectivity index (χ0v) is 20.8. The van der Waals surface area contributed by atoms with Crippen LogP contribution in [-0.4, -0.2) is 69.3 Å². The topological polar surface area (TPSA) is 95.8 Å². The summed E-state index contributed by atoms with van der Waals surface area (Å²) in [5, 5.41) is 3.76. The second-order valence-corrected chi connectivity index (χ2v) is 9.53. The molecule has 1 aliphatic carbocycles. The summed E-state index contributed by atoms with van der Waals surface area (Å²) >= 11 is 6.57. The lowest BCUT2D eigenvalue weighted by Gasteiger charge is -2.16. The molecular formula is C26H23ClN9O+. The molecule has 3 aliphatic rings. The fourth-order valence-corrected chi connectivity index (χ4v) is 4.84. The zero-order valence-electron chi connectivity index (χ0n) is 20.0. The van der Waals surface area contributed by atoms with E-state index in [1.807, 2.05) is 42.0 Å². The monoisotopic (exact) mass is 512 g/mol. The first-order chi connectivity index (χ1) is 18.1. The Morgan fingerprint density at radius 2 is 2.22 bits per heavy atom. The molecule has 0 amide bonds. The first-order valence-electron chi connectivity index (χ1n) is 11.9. The standard InChI is InChI=1S/C26H23ClN9O/c1-28-11-16-7-8-36(13-16)26-29-12-21-24(34-26)25(31-14-30-21)33-17-3-6-23(19(27)9-17)37-18-4-5-22-20(10-18)32-15-35(22)2/h3-6,9-10,12,14-16,22H,7-8,11,13H2,2H3,(H,30,31,33)/q+1/t16-,22?/m0/s1. The van der Waals surface area contributed by atoms with Crippen molar-refractivity contribution in [3.63, 3.8) is 0 Å². The van der Waals surface area contributed by atoms with Gasteiger partial charge in [-0.3, -0.25) is 4.58 Å². The first-order valence-corrected chi connectivity index (χ1v) is 12.3. The minimum Gasteiger partial charge on any atom is -0.456 e. The fourth-order valence-electron chi connectivity index (χ4n) is 4.62. The molecule has 1 unspecified atom stereocenters. The van der Waals surface area contributed by atoms with E-state index in [2.05, 4.69) is 35.0 Å². The average molecular weight is 513 g/mol. The summed E-state index contributed by atoms with van der Waals surface area (Å²) in [6.45, 7) is 9.25. The lowest BCUT2D eigenvalue weighted by atomic mass is 10.1. The number of allylic oxidation sites excluding steroid dienone is 1. The van der Waals surface area contributed by atoms with Gasteiger partial charge in [0.1, 0.15) is 28.9 Å². The number of halogens is 1. The summed E-state index contributed by atoms with van der Waals surface area (Å²) in [5.41, 5.74) is 2.92. The minimum absolute atomic E-state index is 0.145. The number of hydrogen-bond acceptors (Lipinski definition) is 8. The van der Waals surface area contributed by atoms with Gasteiger partial charge in [-0.1, -0.05) is 11.6 Å². The van der Waals surface area contributed by atoms with Crippen molar-refractivity contribution in [3.8, 4) is 5.75 Å². The highest BCUT2D eigenvalue weighted by Gasteiger charge is 2.29. The van der Waals surface area contributed by atoms with Crippen molar-refractivity contribution < 1.29 is 9.31 Å². The van der Waals surface area contributed by atoms with E-state index in [4.69, 9.17) is 27.9 Å². The quantitative estimate of drug-likeness (QED) is 0.395. The molecule has 0 radical (unpaired) electrons. The molecule has 2 aliphatic heterocycles. The van der Waals surface area contributed by atoms with Gasteiger partial charge in [-0.2, -0.15) is 0 Å². The summed E-state index contributed by atoms with van der Waals surface area (Å²) in [4.78, 5) is 28.0. The smallest absolute Gasteiger partial charge is 0.282 e. The van der Waals surface area contributed by atoms with Gasteiger partial charge in [0.05, 0.1) is 24.2 Å². The number of ether oxygens (including phenoxy) is 1. The number of aliphatic imine (C=N–C) groups is 1. The Morgan fingerprint density at radius 1 is 1.30 bits per heavy atom. The summed E-state index contributed by atoms with van der Waals surface area (Å²) in [5.74, 6) is 2.73.